The van der Waals surface area contributed by atoms with Gasteiger partial charge in [0.25, 0.3) is 0 Å². The largest absolute Gasteiger partial charge is 0.416 e. The minimum atomic E-state index is -4.30. The van der Waals surface area contributed by atoms with Crippen LogP contribution in [0.25, 0.3) is 0 Å². The van der Waals surface area contributed by atoms with Crippen molar-refractivity contribution in [1.82, 2.24) is 0 Å². The van der Waals surface area contributed by atoms with Gasteiger partial charge in [0.2, 0.25) is 0 Å². The first-order valence-corrected chi connectivity index (χ1v) is 21.2. The molecule has 1 atom stereocenters. The van der Waals surface area contributed by atoms with Crippen LogP contribution < -0.4 is 0 Å². The summed E-state index contributed by atoms with van der Waals surface area (Å²) in [6.45, 7) is 4.52. The Morgan fingerprint density at radius 1 is 0.632 bits per heavy atom. The van der Waals surface area contributed by atoms with Crippen molar-refractivity contribution in [1.29, 1.82) is 0 Å². The topological polar surface area (TPSA) is 0 Å². The van der Waals surface area contributed by atoms with Crippen molar-refractivity contribution in [3.05, 3.63) is 35.4 Å². The number of unbranched alkanes of at least 4 members (excludes halogenated alkanes) is 15. The zero-order valence-corrected chi connectivity index (χ0v) is 27.3. The normalized spacial score (nSPS) is 13.2. The molecule has 0 nitrogen and oxygen atoms in total. The Balaban J connectivity index is 3.00. The van der Waals surface area contributed by atoms with Gasteiger partial charge in [0, 0.05) is 13.1 Å². The Hall–Kier alpha value is 0.160. The van der Waals surface area contributed by atoms with Crippen LogP contribution >= 0.6 is 25.2 Å². The third kappa shape index (κ3) is 15.8. The maximum atomic E-state index is 13.4. The standard InChI is InChI=1S/C32H57ClF3P2/c1-4-7-10-13-16-19-25-38(26-20-17-14-11-8-5-2,27-21-18-15-12-9-6-3)37(33)29-30-23-22-24-31(28-30)32(34,35)36/h22-24,28H,4-21,25-27,29H2,1-3H3/q+1. The van der Waals surface area contributed by atoms with Crippen molar-refractivity contribution in [2.75, 3.05) is 18.5 Å². The van der Waals surface area contributed by atoms with Crippen LogP contribution in [0, 0.1) is 0 Å². The fourth-order valence-corrected chi connectivity index (χ4v) is 17.0. The summed E-state index contributed by atoms with van der Waals surface area (Å²) >= 11 is 7.43. The summed E-state index contributed by atoms with van der Waals surface area (Å²) in [7, 11) is 0. The van der Waals surface area contributed by atoms with Crippen LogP contribution in [-0.2, 0) is 12.3 Å². The van der Waals surface area contributed by atoms with Crippen molar-refractivity contribution >= 4 is 25.2 Å². The van der Waals surface area contributed by atoms with Crippen LogP contribution in [0.2, 0.25) is 0 Å². The van der Waals surface area contributed by atoms with Gasteiger partial charge in [-0.2, -0.15) is 13.2 Å². The van der Waals surface area contributed by atoms with E-state index in [2.05, 4.69) is 20.8 Å². The van der Waals surface area contributed by atoms with Gasteiger partial charge in [-0.25, -0.2) is 0 Å². The molecule has 1 aromatic carbocycles. The molecule has 0 bridgehead atoms. The van der Waals surface area contributed by atoms with Gasteiger partial charge >= 0.3 is 6.18 Å². The van der Waals surface area contributed by atoms with Gasteiger partial charge in [0.15, 0.2) is 6.96 Å². The third-order valence-electron chi connectivity index (χ3n) is 7.81. The predicted octanol–water partition coefficient (Wildman–Crippen LogP) is 13.9. The van der Waals surface area contributed by atoms with Crippen LogP contribution in [-0.4, -0.2) is 18.5 Å². The molecule has 38 heavy (non-hydrogen) atoms. The maximum Gasteiger partial charge on any atom is 0.416 e. The molecule has 0 radical (unpaired) electrons. The summed E-state index contributed by atoms with van der Waals surface area (Å²) in [6, 6.07) is 5.97. The second kappa shape index (κ2) is 21.8. The van der Waals surface area contributed by atoms with Gasteiger partial charge in [-0.05, 0) is 61.4 Å². The monoisotopic (exact) mass is 595 g/mol. The summed E-state index contributed by atoms with van der Waals surface area (Å²) in [6.07, 6.45) is 23.2. The second-order valence-electron chi connectivity index (χ2n) is 11.3. The van der Waals surface area contributed by atoms with Crippen LogP contribution in [0.4, 0.5) is 13.2 Å². The van der Waals surface area contributed by atoms with Gasteiger partial charge < -0.3 is 0 Å². The summed E-state index contributed by atoms with van der Waals surface area (Å²) in [4.78, 5) is 0. The lowest BCUT2D eigenvalue weighted by molar-refractivity contribution is -0.137. The van der Waals surface area contributed by atoms with E-state index in [1.165, 1.54) is 146 Å². The van der Waals surface area contributed by atoms with E-state index >= 15 is 0 Å². The highest BCUT2D eigenvalue weighted by Gasteiger charge is 2.44. The number of hydrogen-bond acceptors (Lipinski definition) is 0. The van der Waals surface area contributed by atoms with E-state index in [1.807, 2.05) is 6.07 Å². The molecule has 0 aromatic heterocycles. The van der Waals surface area contributed by atoms with Gasteiger partial charge in [-0.3, -0.25) is 0 Å². The Morgan fingerprint density at radius 2 is 1.03 bits per heavy atom. The van der Waals surface area contributed by atoms with Crippen molar-refractivity contribution < 1.29 is 13.2 Å². The molecule has 0 amide bonds. The molecule has 0 spiro atoms. The molecule has 1 aromatic rings. The Labute approximate surface area is 240 Å². The van der Waals surface area contributed by atoms with E-state index in [4.69, 9.17) is 11.2 Å². The lowest BCUT2D eigenvalue weighted by Crippen LogP contribution is -2.09. The molecular formula is C32H57ClF3P2+. The fraction of sp³-hybridized carbons (Fsp3) is 0.812. The van der Waals surface area contributed by atoms with E-state index < -0.39 is 25.7 Å². The molecule has 6 heteroatoms. The molecule has 0 saturated carbocycles. The fourth-order valence-electron chi connectivity index (χ4n) is 5.37. The number of rotatable bonds is 24. The molecular weight excluding hydrogens is 539 g/mol. The third-order valence-corrected chi connectivity index (χ3v) is 21.0. The average Bonchev–Trinajstić information content (AvgIpc) is 2.89. The van der Waals surface area contributed by atoms with Crippen molar-refractivity contribution in [3.63, 3.8) is 0 Å². The van der Waals surface area contributed by atoms with E-state index in [0.717, 1.165) is 5.56 Å². The SMILES string of the molecule is CCCCCCCC[P+](CCCCCCCC)(CCCCCCCC)P(Cl)Cc1cccc(C(F)(F)F)c1. The lowest BCUT2D eigenvalue weighted by atomic mass is 10.1. The van der Waals surface area contributed by atoms with Crippen LogP contribution in [0.3, 0.4) is 0 Å². The highest BCUT2D eigenvalue weighted by atomic mass is 35.7. The molecule has 0 aliphatic heterocycles. The van der Waals surface area contributed by atoms with Gasteiger partial charge in [0.1, 0.15) is 0 Å². The number of alkyl halides is 3. The molecule has 0 N–H and O–H groups in total. The minimum Gasteiger partial charge on any atom is -0.166 e. The van der Waals surface area contributed by atoms with E-state index in [-0.39, 0.29) is 0 Å². The Bertz CT molecular complexity index is 655. The number of halogens is 4. The molecule has 222 valence electrons. The highest BCUT2D eigenvalue weighted by Crippen LogP contribution is 2.88. The lowest BCUT2D eigenvalue weighted by Gasteiger charge is -2.32. The van der Waals surface area contributed by atoms with Crippen molar-refractivity contribution in [2.45, 2.75) is 149 Å². The first kappa shape index (κ1) is 36.2. The van der Waals surface area contributed by atoms with Gasteiger partial charge in [-0.15, -0.1) is 0 Å². The summed E-state index contributed by atoms with van der Waals surface area (Å²) in [5, 5.41) is 0. The van der Waals surface area contributed by atoms with Crippen molar-refractivity contribution in [3.8, 4) is 0 Å². The van der Waals surface area contributed by atoms with Crippen LogP contribution in [0.15, 0.2) is 24.3 Å². The molecule has 0 aliphatic carbocycles. The molecule has 0 saturated heterocycles. The molecule has 1 unspecified atom stereocenters. The Morgan fingerprint density at radius 3 is 1.42 bits per heavy atom. The quantitative estimate of drug-likeness (QED) is 0.0823. The molecule has 0 aliphatic rings. The summed E-state index contributed by atoms with van der Waals surface area (Å²) in [5.74, 6) is 0. The van der Waals surface area contributed by atoms with Gasteiger partial charge in [0.05, 0.1) is 24.0 Å². The van der Waals surface area contributed by atoms with Crippen molar-refractivity contribution in [2.24, 2.45) is 0 Å². The maximum absolute atomic E-state index is 13.4. The smallest absolute Gasteiger partial charge is 0.166 e. The van der Waals surface area contributed by atoms with Gasteiger partial charge in [-0.1, -0.05) is 116 Å². The minimum absolute atomic E-state index is 0.540. The van der Waals surface area contributed by atoms with Crippen LogP contribution in [0.5, 0.6) is 0 Å². The van der Waals surface area contributed by atoms with E-state index in [1.54, 1.807) is 6.07 Å². The van der Waals surface area contributed by atoms with E-state index in [0.29, 0.717) is 6.16 Å². The first-order chi connectivity index (χ1) is 18.3. The number of benzene rings is 1. The van der Waals surface area contributed by atoms with Crippen LogP contribution in [0.1, 0.15) is 147 Å². The molecule has 0 fully saturated rings. The average molecular weight is 596 g/mol. The molecule has 0 heterocycles. The summed E-state index contributed by atoms with van der Waals surface area (Å²) < 4.78 is 40.2. The highest BCUT2D eigenvalue weighted by molar-refractivity contribution is 8.47. The second-order valence-corrected chi connectivity index (χ2v) is 21.7. The number of hydrogen-bond donors (Lipinski definition) is 0. The zero-order valence-electron chi connectivity index (χ0n) is 24.8. The molecule has 1 rings (SSSR count). The summed E-state index contributed by atoms with van der Waals surface area (Å²) in [5.41, 5.74) is 0.237. The predicted molar refractivity (Wildman–Crippen MR) is 170 cm³/mol. The Kier molecular flexibility index (Phi) is 20.8. The van der Waals surface area contributed by atoms with E-state index in [9.17, 15) is 13.2 Å². The first-order valence-electron chi connectivity index (χ1n) is 15.7. The zero-order chi connectivity index (χ0) is 28.1.